The lowest BCUT2D eigenvalue weighted by atomic mass is 9.73. The van der Waals surface area contributed by atoms with Crippen LogP contribution in [0, 0.1) is 5.92 Å². The average molecular weight is 292 g/mol. The van der Waals surface area contributed by atoms with Crippen molar-refractivity contribution in [3.8, 4) is 0 Å². The molecule has 3 aliphatic heterocycles. The first kappa shape index (κ1) is 13.3. The van der Waals surface area contributed by atoms with Crippen molar-refractivity contribution in [1.82, 2.24) is 0 Å². The van der Waals surface area contributed by atoms with Gasteiger partial charge in [0.2, 0.25) is 0 Å². The first-order valence-electron chi connectivity index (χ1n) is 6.14. The highest BCUT2D eigenvalue weighted by atomic mass is 32.2. The van der Waals surface area contributed by atoms with Gasteiger partial charge in [0.1, 0.15) is 29.2 Å². The maximum atomic E-state index is 11.9. The Hall–Kier alpha value is -0.700. The molecule has 0 aliphatic carbocycles. The fourth-order valence-electron chi connectivity index (χ4n) is 3.58. The highest BCUT2D eigenvalue weighted by Crippen LogP contribution is 2.61. The molecule has 7 nitrogen and oxygen atoms in total. The predicted molar refractivity (Wildman–Crippen MR) is 61.6 cm³/mol. The Morgan fingerprint density at radius 2 is 2.21 bits per heavy atom. The summed E-state index contributed by atoms with van der Waals surface area (Å²) in [6.45, 7) is 2.64. The second-order valence-electron chi connectivity index (χ2n) is 5.55. The minimum atomic E-state index is -3.74. The van der Waals surface area contributed by atoms with Gasteiger partial charge < -0.3 is 14.6 Å². The Labute approximate surface area is 111 Å². The lowest BCUT2D eigenvalue weighted by Crippen LogP contribution is -2.50. The minimum Gasteiger partial charge on any atom is -0.463 e. The van der Waals surface area contributed by atoms with Crippen LogP contribution in [0.4, 0.5) is 0 Å². The Bertz CT molecular complexity index is 529. The van der Waals surface area contributed by atoms with E-state index in [0.717, 1.165) is 0 Å². The van der Waals surface area contributed by atoms with Crippen molar-refractivity contribution in [2.24, 2.45) is 5.92 Å². The van der Waals surface area contributed by atoms with Gasteiger partial charge in [0.15, 0.2) is 0 Å². The van der Waals surface area contributed by atoms with Crippen molar-refractivity contribution in [1.29, 1.82) is 0 Å². The molecule has 8 heteroatoms. The summed E-state index contributed by atoms with van der Waals surface area (Å²) < 4.78 is 39.9. The molecule has 108 valence electrons. The summed E-state index contributed by atoms with van der Waals surface area (Å²) in [6, 6.07) is 0. The van der Waals surface area contributed by atoms with E-state index in [1.54, 1.807) is 6.92 Å². The van der Waals surface area contributed by atoms with Gasteiger partial charge in [0.05, 0.1) is 6.61 Å². The number of hydrogen-bond acceptors (Lipinski definition) is 7. The lowest BCUT2D eigenvalue weighted by molar-refractivity contribution is -0.155. The third-order valence-corrected chi connectivity index (χ3v) is 6.33. The topological polar surface area (TPSA) is 99.1 Å². The van der Waals surface area contributed by atoms with E-state index < -0.39 is 45.3 Å². The molecule has 3 aliphatic rings. The molecule has 0 aromatic carbocycles. The van der Waals surface area contributed by atoms with E-state index in [9.17, 15) is 18.3 Å². The molecule has 3 saturated heterocycles. The second kappa shape index (κ2) is 3.69. The Morgan fingerprint density at radius 3 is 2.74 bits per heavy atom. The molecule has 0 aromatic heterocycles. The van der Waals surface area contributed by atoms with Crippen molar-refractivity contribution in [2.45, 2.75) is 42.8 Å². The number of hydrogen-bond donors (Lipinski definition) is 1. The molecule has 5 unspecified atom stereocenters. The summed E-state index contributed by atoms with van der Waals surface area (Å²) in [6.07, 6.45) is -0.530. The van der Waals surface area contributed by atoms with E-state index in [1.807, 2.05) is 0 Å². The molecular weight excluding hydrogens is 276 g/mol. The standard InChI is InChI=1S/C11H16O7S/c1-6-9-11(4-12)8(19(14,15)17-9)3-10(6,18-11)5-16-7(2)13/h6,8-9,12H,3-5H2,1-2H3. The van der Waals surface area contributed by atoms with E-state index >= 15 is 0 Å². The van der Waals surface area contributed by atoms with Crippen molar-refractivity contribution in [3.05, 3.63) is 0 Å². The maximum absolute atomic E-state index is 11.9. The smallest absolute Gasteiger partial charge is 0.302 e. The molecule has 0 aromatic rings. The normalized spacial score (nSPS) is 49.5. The maximum Gasteiger partial charge on any atom is 0.302 e. The molecule has 1 N–H and O–H groups in total. The summed E-state index contributed by atoms with van der Waals surface area (Å²) in [5.41, 5.74) is -2.09. The number of carbonyl (C=O) groups excluding carboxylic acids is 1. The minimum absolute atomic E-state index is 0.0167. The molecule has 0 amide bonds. The Balaban J connectivity index is 1.99. The van der Waals surface area contributed by atoms with Crippen LogP contribution in [0.15, 0.2) is 0 Å². The summed E-state index contributed by atoms with van der Waals surface area (Å²) in [4.78, 5) is 11.0. The van der Waals surface area contributed by atoms with E-state index in [0.29, 0.717) is 0 Å². The monoisotopic (exact) mass is 292 g/mol. The lowest BCUT2D eigenvalue weighted by Gasteiger charge is -2.31. The van der Waals surface area contributed by atoms with Crippen LogP contribution in [0.2, 0.25) is 0 Å². The van der Waals surface area contributed by atoms with Gasteiger partial charge in [-0.15, -0.1) is 0 Å². The fraction of sp³-hybridized carbons (Fsp3) is 0.909. The van der Waals surface area contributed by atoms with Gasteiger partial charge in [0.25, 0.3) is 10.1 Å². The SMILES string of the molecule is CC(=O)OCC12CC3C(CO)(O1)C(OS3(=O)=O)C2C. The molecule has 19 heavy (non-hydrogen) atoms. The number of esters is 1. The summed E-state index contributed by atoms with van der Waals surface area (Å²) in [5.74, 6) is -0.720. The van der Waals surface area contributed by atoms with Crippen LogP contribution < -0.4 is 0 Å². The fourth-order valence-corrected chi connectivity index (χ4v) is 5.57. The van der Waals surface area contributed by atoms with Crippen LogP contribution in [-0.2, 0) is 28.6 Å². The van der Waals surface area contributed by atoms with E-state index in [4.69, 9.17) is 13.7 Å². The third-order valence-electron chi connectivity index (χ3n) is 4.59. The Morgan fingerprint density at radius 1 is 1.53 bits per heavy atom. The van der Waals surface area contributed by atoms with E-state index in [1.165, 1.54) is 6.92 Å². The first-order chi connectivity index (χ1) is 8.77. The van der Waals surface area contributed by atoms with Crippen LogP contribution in [-0.4, -0.2) is 55.3 Å². The van der Waals surface area contributed by atoms with Crippen LogP contribution in [0.25, 0.3) is 0 Å². The number of aliphatic hydroxyl groups excluding tert-OH is 1. The van der Waals surface area contributed by atoms with Crippen molar-refractivity contribution in [2.75, 3.05) is 13.2 Å². The number of carbonyl (C=O) groups is 1. The quantitative estimate of drug-likeness (QED) is 0.536. The van der Waals surface area contributed by atoms with Gasteiger partial charge in [0, 0.05) is 19.3 Å². The van der Waals surface area contributed by atoms with Gasteiger partial charge in [-0.25, -0.2) is 0 Å². The van der Waals surface area contributed by atoms with Crippen molar-refractivity contribution >= 4 is 16.1 Å². The molecule has 5 atom stereocenters. The largest absolute Gasteiger partial charge is 0.463 e. The molecule has 3 heterocycles. The molecular formula is C11H16O7S. The average Bonchev–Trinajstić information content (AvgIpc) is 2.84. The molecule has 0 spiro atoms. The molecule has 0 radical (unpaired) electrons. The second-order valence-corrected chi connectivity index (χ2v) is 7.30. The predicted octanol–water partition coefficient (Wildman–Crippen LogP) is -0.813. The number of rotatable bonds is 3. The number of aliphatic hydroxyl groups is 1. The van der Waals surface area contributed by atoms with Gasteiger partial charge in [-0.05, 0) is 0 Å². The van der Waals surface area contributed by atoms with Crippen LogP contribution in [0.3, 0.4) is 0 Å². The summed E-state index contributed by atoms with van der Waals surface area (Å²) in [7, 11) is -3.74. The van der Waals surface area contributed by atoms with E-state index in [2.05, 4.69) is 0 Å². The molecule has 0 saturated carbocycles. The zero-order valence-corrected chi connectivity index (χ0v) is 11.5. The molecule has 3 fully saturated rings. The molecule has 3 rings (SSSR count). The van der Waals surface area contributed by atoms with Gasteiger partial charge in [-0.3, -0.25) is 8.98 Å². The zero-order valence-electron chi connectivity index (χ0n) is 10.7. The first-order valence-corrected chi connectivity index (χ1v) is 7.61. The highest BCUT2D eigenvalue weighted by molar-refractivity contribution is 7.87. The van der Waals surface area contributed by atoms with Crippen molar-refractivity contribution < 1.29 is 32.0 Å². The van der Waals surface area contributed by atoms with Gasteiger partial charge in [-0.2, -0.15) is 8.42 Å². The van der Waals surface area contributed by atoms with Gasteiger partial charge in [-0.1, -0.05) is 6.92 Å². The van der Waals surface area contributed by atoms with Gasteiger partial charge >= 0.3 is 5.97 Å². The highest BCUT2D eigenvalue weighted by Gasteiger charge is 2.79. The van der Waals surface area contributed by atoms with Crippen molar-refractivity contribution in [3.63, 3.8) is 0 Å². The number of fused-ring (bicyclic) bond motifs is 1. The van der Waals surface area contributed by atoms with Crippen LogP contribution in [0.5, 0.6) is 0 Å². The summed E-state index contributed by atoms with van der Waals surface area (Å²) >= 11 is 0. The van der Waals surface area contributed by atoms with E-state index in [-0.39, 0.29) is 18.9 Å². The Kier molecular flexibility index (Phi) is 2.58. The zero-order chi connectivity index (χ0) is 14.1. The third kappa shape index (κ3) is 1.48. The molecule has 2 bridgehead atoms. The van der Waals surface area contributed by atoms with Crippen LogP contribution in [0.1, 0.15) is 20.3 Å². The number of ether oxygens (including phenoxy) is 2. The summed E-state index contributed by atoms with van der Waals surface area (Å²) in [5, 5.41) is 8.70. The van der Waals surface area contributed by atoms with Crippen LogP contribution >= 0.6 is 0 Å².